The number of aryl methyl sites for hydroxylation is 1. The van der Waals surface area contributed by atoms with Gasteiger partial charge in [-0.05, 0) is 61.9 Å². The maximum absolute atomic E-state index is 13.3. The van der Waals surface area contributed by atoms with Crippen molar-refractivity contribution in [2.45, 2.75) is 32.7 Å². The molecule has 1 fully saturated rings. The van der Waals surface area contributed by atoms with E-state index < -0.39 is 0 Å². The van der Waals surface area contributed by atoms with Crippen LogP contribution in [0.2, 0.25) is 0 Å². The third-order valence-corrected chi connectivity index (χ3v) is 6.59. The van der Waals surface area contributed by atoms with Gasteiger partial charge < -0.3 is 4.90 Å². The molecule has 3 heterocycles. The SMILES string of the molecule is Cc1ccc(-n2c(=O)c3cccnc3n2CC(=O)N2CCC(Cc3ccccc3)CC2)cc1. The number of carbonyl (C=O) groups excluding carboxylic acids is 1. The van der Waals surface area contributed by atoms with Crippen LogP contribution in [0.15, 0.2) is 77.7 Å². The first-order valence-corrected chi connectivity index (χ1v) is 11.6. The van der Waals surface area contributed by atoms with Crippen molar-refractivity contribution in [1.82, 2.24) is 19.2 Å². The Morgan fingerprint density at radius 1 is 0.970 bits per heavy atom. The number of amides is 1. The fourth-order valence-electron chi connectivity index (χ4n) is 4.74. The van der Waals surface area contributed by atoms with Crippen LogP contribution < -0.4 is 5.56 Å². The Balaban J connectivity index is 1.36. The highest BCUT2D eigenvalue weighted by molar-refractivity contribution is 5.80. The van der Waals surface area contributed by atoms with Crippen molar-refractivity contribution in [3.63, 3.8) is 0 Å². The molecule has 6 nitrogen and oxygen atoms in total. The van der Waals surface area contributed by atoms with Crippen LogP contribution in [0.25, 0.3) is 16.7 Å². The predicted octanol–water partition coefficient (Wildman–Crippen LogP) is 3.98. The maximum Gasteiger partial charge on any atom is 0.280 e. The van der Waals surface area contributed by atoms with Gasteiger partial charge in [-0.3, -0.25) is 14.3 Å². The van der Waals surface area contributed by atoms with E-state index in [0.717, 1.165) is 43.6 Å². The van der Waals surface area contributed by atoms with Crippen LogP contribution in [-0.4, -0.2) is 38.2 Å². The number of hydrogen-bond acceptors (Lipinski definition) is 3. The molecular formula is C27H28N4O2. The lowest BCUT2D eigenvalue weighted by Crippen LogP contribution is -2.41. The molecule has 0 unspecified atom stereocenters. The number of likely N-dealkylation sites (tertiary alicyclic amines) is 1. The quantitative estimate of drug-likeness (QED) is 0.472. The van der Waals surface area contributed by atoms with Crippen molar-refractivity contribution < 1.29 is 4.79 Å². The van der Waals surface area contributed by atoms with Crippen LogP contribution in [0.3, 0.4) is 0 Å². The number of piperidine rings is 1. The predicted molar refractivity (Wildman–Crippen MR) is 130 cm³/mol. The Morgan fingerprint density at radius 3 is 2.42 bits per heavy atom. The molecule has 4 aromatic rings. The van der Waals surface area contributed by atoms with Crippen LogP contribution in [0.1, 0.15) is 24.0 Å². The number of rotatable bonds is 5. The summed E-state index contributed by atoms with van der Waals surface area (Å²) >= 11 is 0. The van der Waals surface area contributed by atoms with Crippen molar-refractivity contribution >= 4 is 16.9 Å². The van der Waals surface area contributed by atoms with Gasteiger partial charge in [-0.1, -0.05) is 48.0 Å². The number of hydrogen-bond donors (Lipinski definition) is 0. The molecule has 5 rings (SSSR count). The summed E-state index contributed by atoms with van der Waals surface area (Å²) in [5, 5.41) is 0.521. The largest absolute Gasteiger partial charge is 0.341 e. The van der Waals surface area contributed by atoms with Crippen molar-refractivity contribution in [1.29, 1.82) is 0 Å². The van der Waals surface area contributed by atoms with E-state index >= 15 is 0 Å². The van der Waals surface area contributed by atoms with Crippen molar-refractivity contribution in [2.24, 2.45) is 5.92 Å². The fraction of sp³-hybridized carbons (Fsp3) is 0.296. The smallest absolute Gasteiger partial charge is 0.280 e. The van der Waals surface area contributed by atoms with Crippen LogP contribution in [0, 0.1) is 12.8 Å². The molecule has 0 aliphatic carbocycles. The molecule has 0 saturated carbocycles. The average molecular weight is 441 g/mol. The van der Waals surface area contributed by atoms with Crippen molar-refractivity contribution in [2.75, 3.05) is 13.1 Å². The monoisotopic (exact) mass is 440 g/mol. The summed E-state index contributed by atoms with van der Waals surface area (Å²) in [7, 11) is 0. The lowest BCUT2D eigenvalue weighted by Gasteiger charge is -2.32. The van der Waals surface area contributed by atoms with E-state index in [9.17, 15) is 9.59 Å². The maximum atomic E-state index is 13.3. The van der Waals surface area contributed by atoms with Gasteiger partial charge in [0.05, 0.1) is 11.1 Å². The fourth-order valence-corrected chi connectivity index (χ4v) is 4.74. The molecule has 1 aliphatic rings. The van der Waals surface area contributed by atoms with E-state index in [1.807, 2.05) is 42.2 Å². The summed E-state index contributed by atoms with van der Waals surface area (Å²) in [6.07, 6.45) is 4.71. The first-order chi connectivity index (χ1) is 16.1. The van der Waals surface area contributed by atoms with Crippen LogP contribution in [0.5, 0.6) is 0 Å². The topological polar surface area (TPSA) is 60.1 Å². The number of benzene rings is 2. The molecule has 2 aromatic heterocycles. The summed E-state index contributed by atoms with van der Waals surface area (Å²) in [5.74, 6) is 0.618. The zero-order valence-corrected chi connectivity index (χ0v) is 18.9. The molecule has 0 spiro atoms. The van der Waals surface area contributed by atoms with E-state index in [0.29, 0.717) is 17.0 Å². The van der Waals surface area contributed by atoms with Gasteiger partial charge in [-0.2, -0.15) is 0 Å². The lowest BCUT2D eigenvalue weighted by atomic mass is 9.90. The average Bonchev–Trinajstić information content (AvgIpc) is 3.12. The van der Waals surface area contributed by atoms with Crippen LogP contribution in [0.4, 0.5) is 0 Å². The summed E-state index contributed by atoms with van der Waals surface area (Å²) in [6.45, 7) is 3.59. The van der Waals surface area contributed by atoms with Gasteiger partial charge in [0.2, 0.25) is 5.91 Å². The van der Waals surface area contributed by atoms with Crippen LogP contribution in [-0.2, 0) is 17.8 Å². The van der Waals surface area contributed by atoms with Crippen molar-refractivity contribution in [3.05, 3.63) is 94.4 Å². The molecule has 168 valence electrons. The molecule has 2 aromatic carbocycles. The number of aromatic nitrogens is 3. The molecule has 1 amide bonds. The standard InChI is InChI=1S/C27H28N4O2/c1-20-9-11-23(12-10-20)31-27(33)24-8-5-15-28-26(24)30(31)19-25(32)29-16-13-22(14-17-29)18-21-6-3-2-4-7-21/h2-12,15,22H,13-14,16-19H2,1H3. The lowest BCUT2D eigenvalue weighted by molar-refractivity contribution is -0.133. The number of nitrogens with zero attached hydrogens (tertiary/aromatic N) is 4. The highest BCUT2D eigenvalue weighted by Crippen LogP contribution is 2.22. The Bertz CT molecular complexity index is 1310. The minimum absolute atomic E-state index is 0.0246. The second-order valence-corrected chi connectivity index (χ2v) is 8.90. The first kappa shape index (κ1) is 21.2. The normalized spacial score (nSPS) is 14.6. The highest BCUT2D eigenvalue weighted by atomic mass is 16.2. The first-order valence-electron chi connectivity index (χ1n) is 11.6. The molecule has 1 saturated heterocycles. The van der Waals surface area contributed by atoms with Gasteiger partial charge in [0.1, 0.15) is 6.54 Å². The van der Waals surface area contributed by atoms with E-state index in [1.165, 1.54) is 5.56 Å². The Morgan fingerprint density at radius 2 is 1.70 bits per heavy atom. The molecule has 0 radical (unpaired) electrons. The van der Waals surface area contributed by atoms with Gasteiger partial charge in [0.25, 0.3) is 5.56 Å². The zero-order chi connectivity index (χ0) is 22.8. The van der Waals surface area contributed by atoms with Gasteiger partial charge >= 0.3 is 0 Å². The van der Waals surface area contributed by atoms with Gasteiger partial charge in [0.15, 0.2) is 5.65 Å². The van der Waals surface area contributed by atoms with Gasteiger partial charge in [0, 0.05) is 19.3 Å². The summed E-state index contributed by atoms with van der Waals surface area (Å²) in [5.41, 5.74) is 3.58. The minimum Gasteiger partial charge on any atom is -0.341 e. The van der Waals surface area contributed by atoms with E-state index in [4.69, 9.17) is 0 Å². The summed E-state index contributed by atoms with van der Waals surface area (Å²) in [4.78, 5) is 32.8. The van der Waals surface area contributed by atoms with Gasteiger partial charge in [-0.25, -0.2) is 9.67 Å². The summed E-state index contributed by atoms with van der Waals surface area (Å²) in [6, 6.07) is 21.8. The number of pyridine rings is 1. The molecule has 0 N–H and O–H groups in total. The molecule has 1 aliphatic heterocycles. The third-order valence-electron chi connectivity index (χ3n) is 6.59. The van der Waals surface area contributed by atoms with E-state index in [1.54, 1.807) is 27.7 Å². The second-order valence-electron chi connectivity index (χ2n) is 8.90. The second kappa shape index (κ2) is 9.06. The molecular weight excluding hydrogens is 412 g/mol. The Hall–Kier alpha value is -3.67. The zero-order valence-electron chi connectivity index (χ0n) is 18.9. The van der Waals surface area contributed by atoms with Gasteiger partial charge in [-0.15, -0.1) is 0 Å². The summed E-state index contributed by atoms with van der Waals surface area (Å²) < 4.78 is 3.30. The Labute approximate surface area is 193 Å². The Kier molecular flexibility index (Phi) is 5.82. The third kappa shape index (κ3) is 4.33. The van der Waals surface area contributed by atoms with Crippen LogP contribution >= 0.6 is 0 Å². The molecule has 0 bridgehead atoms. The highest BCUT2D eigenvalue weighted by Gasteiger charge is 2.25. The molecule has 0 atom stereocenters. The minimum atomic E-state index is -0.156. The molecule has 6 heteroatoms. The van der Waals surface area contributed by atoms with Crippen molar-refractivity contribution in [3.8, 4) is 5.69 Å². The number of fused-ring (bicyclic) bond motifs is 1. The molecule has 33 heavy (non-hydrogen) atoms. The van der Waals surface area contributed by atoms with E-state index in [2.05, 4.69) is 29.2 Å². The number of carbonyl (C=O) groups is 1. The van der Waals surface area contributed by atoms with E-state index in [-0.39, 0.29) is 18.0 Å².